The summed E-state index contributed by atoms with van der Waals surface area (Å²) in [7, 11) is 0. The summed E-state index contributed by atoms with van der Waals surface area (Å²) in [6.45, 7) is 3.23. The third-order valence-corrected chi connectivity index (χ3v) is 4.59. The van der Waals surface area contributed by atoms with Crippen molar-refractivity contribution in [2.45, 2.75) is 25.8 Å². The Labute approximate surface area is 134 Å². The molecule has 3 aromatic rings. The van der Waals surface area contributed by atoms with Crippen LogP contribution in [0.1, 0.15) is 40.7 Å². The number of H-pyrrole nitrogens is 1. The first-order valence-electron chi connectivity index (χ1n) is 7.99. The first-order valence-corrected chi connectivity index (χ1v) is 7.99. The summed E-state index contributed by atoms with van der Waals surface area (Å²) in [5, 5.41) is 5.13. The lowest BCUT2D eigenvalue weighted by Gasteiger charge is -2.21. The van der Waals surface area contributed by atoms with Crippen LogP contribution in [-0.2, 0) is 0 Å². The van der Waals surface area contributed by atoms with E-state index in [1.54, 1.807) is 0 Å². The molecule has 1 aromatic carbocycles. The fourth-order valence-corrected chi connectivity index (χ4v) is 3.46. The van der Waals surface area contributed by atoms with Gasteiger partial charge in [-0.2, -0.15) is 0 Å². The van der Waals surface area contributed by atoms with Crippen LogP contribution in [0.25, 0.3) is 10.9 Å². The van der Waals surface area contributed by atoms with Crippen LogP contribution in [0.15, 0.2) is 41.1 Å². The molecule has 0 aliphatic carbocycles. The van der Waals surface area contributed by atoms with Crippen LogP contribution in [0.3, 0.4) is 0 Å². The number of carbonyl (C=O) groups excluding carboxylic acids is 1. The Hall–Kier alpha value is -2.40. The van der Waals surface area contributed by atoms with Crippen molar-refractivity contribution in [1.82, 2.24) is 15.0 Å². The van der Waals surface area contributed by atoms with E-state index in [0.29, 0.717) is 6.54 Å². The number of rotatable bonds is 4. The smallest absolute Gasteiger partial charge is 0.178 e. The second-order valence-electron chi connectivity index (χ2n) is 6.16. The van der Waals surface area contributed by atoms with Gasteiger partial charge in [0, 0.05) is 28.7 Å². The lowest BCUT2D eigenvalue weighted by atomic mass is 10.1. The fraction of sp³-hybridized carbons (Fsp3) is 0.333. The van der Waals surface area contributed by atoms with Gasteiger partial charge >= 0.3 is 0 Å². The number of aromatic nitrogens is 2. The number of likely N-dealkylation sites (tertiary alicyclic amines) is 1. The Morgan fingerprint density at radius 1 is 1.43 bits per heavy atom. The van der Waals surface area contributed by atoms with E-state index in [-0.39, 0.29) is 11.8 Å². The van der Waals surface area contributed by atoms with Crippen molar-refractivity contribution in [1.29, 1.82) is 0 Å². The highest BCUT2D eigenvalue weighted by atomic mass is 16.5. The number of para-hydroxylation sites is 1. The molecule has 5 nitrogen and oxygen atoms in total. The number of ketones is 1. The first-order chi connectivity index (χ1) is 11.2. The van der Waals surface area contributed by atoms with Crippen LogP contribution in [0, 0.1) is 6.92 Å². The number of nitrogens with one attached hydrogen (secondary N) is 1. The largest absolute Gasteiger partial charge is 0.361 e. The fourth-order valence-electron chi connectivity index (χ4n) is 3.46. The van der Waals surface area contributed by atoms with Crippen LogP contribution in [0.4, 0.5) is 0 Å². The zero-order chi connectivity index (χ0) is 15.8. The zero-order valence-electron chi connectivity index (χ0n) is 13.1. The number of benzene rings is 1. The van der Waals surface area contributed by atoms with Gasteiger partial charge in [0.15, 0.2) is 5.78 Å². The molecule has 1 N–H and O–H groups in total. The van der Waals surface area contributed by atoms with Gasteiger partial charge in [0.25, 0.3) is 0 Å². The van der Waals surface area contributed by atoms with Crippen LogP contribution in [0.2, 0.25) is 0 Å². The Morgan fingerprint density at radius 2 is 2.30 bits per heavy atom. The number of nitrogens with zero attached hydrogens (tertiary/aromatic N) is 2. The van der Waals surface area contributed by atoms with E-state index in [2.05, 4.69) is 15.0 Å². The number of Topliss-reactive ketones (excluding diaryl/α,β-unsaturated/α-hetero) is 1. The van der Waals surface area contributed by atoms with Crippen LogP contribution < -0.4 is 0 Å². The second-order valence-corrected chi connectivity index (χ2v) is 6.16. The molecule has 5 heteroatoms. The van der Waals surface area contributed by atoms with Crippen LogP contribution in [0.5, 0.6) is 0 Å². The van der Waals surface area contributed by atoms with Gasteiger partial charge in [0.2, 0.25) is 0 Å². The molecule has 118 valence electrons. The van der Waals surface area contributed by atoms with Crippen molar-refractivity contribution in [2.24, 2.45) is 0 Å². The monoisotopic (exact) mass is 309 g/mol. The van der Waals surface area contributed by atoms with Gasteiger partial charge in [-0.1, -0.05) is 23.4 Å². The molecule has 1 aliphatic heterocycles. The molecule has 0 saturated carbocycles. The Kier molecular flexibility index (Phi) is 3.50. The van der Waals surface area contributed by atoms with E-state index in [1.807, 2.05) is 43.5 Å². The van der Waals surface area contributed by atoms with Crippen molar-refractivity contribution in [3.63, 3.8) is 0 Å². The molecule has 1 saturated heterocycles. The topological polar surface area (TPSA) is 62.1 Å². The van der Waals surface area contributed by atoms with Gasteiger partial charge in [-0.15, -0.1) is 0 Å². The van der Waals surface area contributed by atoms with E-state index in [0.717, 1.165) is 47.3 Å². The van der Waals surface area contributed by atoms with E-state index >= 15 is 0 Å². The number of aromatic amines is 1. The number of fused-ring (bicyclic) bond motifs is 1. The molecule has 23 heavy (non-hydrogen) atoms. The van der Waals surface area contributed by atoms with Crippen molar-refractivity contribution in [2.75, 3.05) is 13.1 Å². The quantitative estimate of drug-likeness (QED) is 0.749. The van der Waals surface area contributed by atoms with Crippen molar-refractivity contribution in [3.05, 3.63) is 53.5 Å². The van der Waals surface area contributed by atoms with Crippen molar-refractivity contribution < 1.29 is 9.32 Å². The molecule has 1 fully saturated rings. The average molecular weight is 309 g/mol. The molecule has 0 spiro atoms. The zero-order valence-corrected chi connectivity index (χ0v) is 13.1. The van der Waals surface area contributed by atoms with Gasteiger partial charge in [-0.3, -0.25) is 9.69 Å². The normalized spacial score (nSPS) is 18.7. The molecule has 4 rings (SSSR count). The summed E-state index contributed by atoms with van der Waals surface area (Å²) in [5.41, 5.74) is 2.70. The summed E-state index contributed by atoms with van der Waals surface area (Å²) >= 11 is 0. The Bertz CT molecular complexity index is 849. The summed E-state index contributed by atoms with van der Waals surface area (Å²) in [5.74, 6) is 0.962. The van der Waals surface area contributed by atoms with Gasteiger partial charge in [-0.25, -0.2) is 0 Å². The van der Waals surface area contributed by atoms with E-state index in [4.69, 9.17) is 4.52 Å². The molecular formula is C18H19N3O2. The molecule has 0 bridgehead atoms. The third kappa shape index (κ3) is 2.57. The minimum absolute atomic E-state index is 0.148. The van der Waals surface area contributed by atoms with Gasteiger partial charge < -0.3 is 9.51 Å². The summed E-state index contributed by atoms with van der Waals surface area (Å²) in [6, 6.07) is 10.1. The maximum atomic E-state index is 12.8. The van der Waals surface area contributed by atoms with Crippen LogP contribution in [-0.4, -0.2) is 33.9 Å². The molecule has 2 aromatic heterocycles. The van der Waals surface area contributed by atoms with E-state index < -0.39 is 0 Å². The highest BCUT2D eigenvalue weighted by Crippen LogP contribution is 2.31. The molecule has 0 radical (unpaired) electrons. The first kappa shape index (κ1) is 14.2. The second kappa shape index (κ2) is 5.66. The number of carbonyl (C=O) groups is 1. The summed E-state index contributed by atoms with van der Waals surface area (Å²) in [4.78, 5) is 18.1. The number of hydrogen-bond donors (Lipinski definition) is 1. The summed E-state index contributed by atoms with van der Waals surface area (Å²) < 4.78 is 5.19. The molecule has 3 heterocycles. The average Bonchev–Trinajstić information content (AvgIpc) is 3.25. The molecular weight excluding hydrogens is 290 g/mol. The maximum absolute atomic E-state index is 12.8. The van der Waals surface area contributed by atoms with Gasteiger partial charge in [-0.05, 0) is 32.4 Å². The Balaban J connectivity index is 1.56. The van der Waals surface area contributed by atoms with Crippen LogP contribution >= 0.6 is 0 Å². The summed E-state index contributed by atoms with van der Waals surface area (Å²) in [6.07, 6.45) is 3.92. The highest BCUT2D eigenvalue weighted by Gasteiger charge is 2.30. The maximum Gasteiger partial charge on any atom is 0.178 e. The van der Waals surface area contributed by atoms with Crippen molar-refractivity contribution >= 4 is 16.7 Å². The lowest BCUT2D eigenvalue weighted by molar-refractivity contribution is 0.0921. The standard InChI is InChI=1S/C18H19N3O2/c1-12-9-16(20-23-12)17-7-4-8-21(17)11-18(22)14-10-19-15-6-3-2-5-13(14)15/h2-3,5-6,9-10,17,19H,4,7-8,11H2,1H3. The third-order valence-electron chi connectivity index (χ3n) is 4.59. The predicted octanol–water partition coefficient (Wildman–Crippen LogP) is 3.48. The Morgan fingerprint density at radius 3 is 3.13 bits per heavy atom. The SMILES string of the molecule is Cc1cc(C2CCCN2CC(=O)c2c[nH]c3ccccc23)no1. The molecule has 1 aliphatic rings. The minimum Gasteiger partial charge on any atom is -0.361 e. The predicted molar refractivity (Wildman–Crippen MR) is 87.4 cm³/mol. The molecule has 1 atom stereocenters. The number of hydrogen-bond acceptors (Lipinski definition) is 4. The molecule has 1 unspecified atom stereocenters. The minimum atomic E-state index is 0.148. The van der Waals surface area contributed by atoms with E-state index in [1.165, 1.54) is 0 Å². The lowest BCUT2D eigenvalue weighted by Crippen LogP contribution is -2.29. The van der Waals surface area contributed by atoms with Gasteiger partial charge in [0.1, 0.15) is 11.5 Å². The van der Waals surface area contributed by atoms with Crippen molar-refractivity contribution in [3.8, 4) is 0 Å². The molecule has 0 amide bonds. The highest BCUT2D eigenvalue weighted by molar-refractivity contribution is 6.08. The van der Waals surface area contributed by atoms with Gasteiger partial charge in [0.05, 0.1) is 12.6 Å². The van der Waals surface area contributed by atoms with E-state index in [9.17, 15) is 4.79 Å². The number of aryl methyl sites for hydroxylation is 1.